The predicted molar refractivity (Wildman–Crippen MR) is 123 cm³/mol. The van der Waals surface area contributed by atoms with E-state index in [4.69, 9.17) is 23.4 Å². The predicted octanol–water partition coefficient (Wildman–Crippen LogP) is 4.62. The van der Waals surface area contributed by atoms with Gasteiger partial charge in [-0.3, -0.25) is 9.59 Å². The molecule has 1 heterocycles. The number of ether oxygens (including phenoxy) is 4. The lowest BCUT2D eigenvalue weighted by atomic mass is 10.2. The van der Waals surface area contributed by atoms with Gasteiger partial charge in [0.1, 0.15) is 34.8 Å². The molecule has 0 saturated heterocycles. The van der Waals surface area contributed by atoms with Crippen LogP contribution in [0.1, 0.15) is 0 Å². The summed E-state index contributed by atoms with van der Waals surface area (Å²) < 4.78 is 27.1. The first-order valence-electron chi connectivity index (χ1n) is 10.0. The zero-order chi connectivity index (χ0) is 23.2. The van der Waals surface area contributed by atoms with Crippen molar-refractivity contribution in [2.75, 3.05) is 26.1 Å². The molecule has 0 spiro atoms. The molecule has 1 aromatic heterocycles. The number of para-hydroxylation sites is 2. The molecule has 0 unspecified atom stereocenters. The van der Waals surface area contributed by atoms with Gasteiger partial charge in [0.05, 0.1) is 25.3 Å². The van der Waals surface area contributed by atoms with Crippen molar-refractivity contribution in [1.82, 2.24) is 0 Å². The van der Waals surface area contributed by atoms with Gasteiger partial charge in [0.25, 0.3) is 5.91 Å². The van der Waals surface area contributed by atoms with E-state index in [1.165, 1.54) is 13.4 Å². The molecule has 33 heavy (non-hydrogen) atoms. The summed E-state index contributed by atoms with van der Waals surface area (Å²) in [5, 5.41) is 3.05. The molecule has 3 aromatic carbocycles. The maximum Gasteiger partial charge on any atom is 0.262 e. The maximum absolute atomic E-state index is 12.8. The third-order valence-electron chi connectivity index (χ3n) is 4.75. The minimum absolute atomic E-state index is 0.0533. The van der Waals surface area contributed by atoms with Crippen LogP contribution in [0.15, 0.2) is 82.2 Å². The summed E-state index contributed by atoms with van der Waals surface area (Å²) in [5.41, 5.74) is 0.528. The van der Waals surface area contributed by atoms with Crippen molar-refractivity contribution >= 4 is 22.6 Å². The van der Waals surface area contributed by atoms with Crippen molar-refractivity contribution < 1.29 is 28.2 Å². The monoisotopic (exact) mass is 447 g/mol. The number of rotatable bonds is 8. The highest BCUT2D eigenvalue weighted by molar-refractivity contribution is 5.93. The standard InChI is InChI=1S/C25H21NO7/c1-29-16-7-9-17(10-8-16)33-23-14-32-22-13-18(11-12-19(22)25(23)28)31-15-24(27)26-20-5-3-4-6-21(20)30-2/h3-14H,15H2,1-2H3,(H,26,27). The molecule has 1 N–H and O–H groups in total. The van der Waals surface area contributed by atoms with E-state index in [1.807, 2.05) is 0 Å². The average Bonchev–Trinajstić information content (AvgIpc) is 2.85. The minimum atomic E-state index is -0.357. The molecule has 4 aromatic rings. The van der Waals surface area contributed by atoms with Gasteiger partial charge in [0.2, 0.25) is 11.2 Å². The zero-order valence-corrected chi connectivity index (χ0v) is 18.0. The SMILES string of the molecule is COc1ccc(Oc2coc3cc(OCC(=O)Nc4ccccc4OC)ccc3c2=O)cc1. The van der Waals surface area contributed by atoms with Crippen LogP contribution < -0.4 is 29.7 Å². The second kappa shape index (κ2) is 9.78. The highest BCUT2D eigenvalue weighted by Gasteiger charge is 2.12. The summed E-state index contributed by atoms with van der Waals surface area (Å²) in [6.45, 7) is -0.230. The van der Waals surface area contributed by atoms with Gasteiger partial charge in [-0.05, 0) is 48.5 Å². The van der Waals surface area contributed by atoms with Crippen molar-refractivity contribution in [3.05, 3.63) is 83.2 Å². The van der Waals surface area contributed by atoms with Crippen molar-refractivity contribution in [3.8, 4) is 28.7 Å². The second-order valence-electron chi connectivity index (χ2n) is 6.90. The summed E-state index contributed by atoms with van der Waals surface area (Å²) in [6.07, 6.45) is 1.24. The Morgan fingerprint density at radius 2 is 1.61 bits per heavy atom. The third-order valence-corrected chi connectivity index (χ3v) is 4.75. The van der Waals surface area contributed by atoms with E-state index in [0.717, 1.165) is 0 Å². The van der Waals surface area contributed by atoms with Gasteiger partial charge in [-0.2, -0.15) is 0 Å². The first-order valence-corrected chi connectivity index (χ1v) is 10.0. The summed E-state index contributed by atoms with van der Waals surface area (Å²) in [5.74, 6) is 1.78. The van der Waals surface area contributed by atoms with Gasteiger partial charge in [-0.1, -0.05) is 12.1 Å². The molecule has 4 rings (SSSR count). The first kappa shape index (κ1) is 21.8. The summed E-state index contributed by atoms with van der Waals surface area (Å²) in [4.78, 5) is 25.0. The fraction of sp³-hybridized carbons (Fsp3) is 0.120. The molecule has 0 saturated carbocycles. The Kier molecular flexibility index (Phi) is 6.45. The highest BCUT2D eigenvalue weighted by Crippen LogP contribution is 2.26. The molecule has 1 amide bonds. The van der Waals surface area contributed by atoms with Gasteiger partial charge in [0, 0.05) is 6.07 Å². The molecule has 0 aliphatic rings. The first-order chi connectivity index (χ1) is 16.1. The van der Waals surface area contributed by atoms with Crippen molar-refractivity contribution in [1.29, 1.82) is 0 Å². The Morgan fingerprint density at radius 3 is 2.36 bits per heavy atom. The maximum atomic E-state index is 12.8. The lowest BCUT2D eigenvalue weighted by molar-refractivity contribution is -0.118. The van der Waals surface area contributed by atoms with Gasteiger partial charge in [-0.25, -0.2) is 0 Å². The Bertz CT molecular complexity index is 1330. The Labute approximate surface area is 189 Å². The van der Waals surface area contributed by atoms with E-state index < -0.39 is 0 Å². The van der Waals surface area contributed by atoms with Gasteiger partial charge in [0.15, 0.2) is 6.61 Å². The van der Waals surface area contributed by atoms with Crippen LogP contribution in [-0.2, 0) is 4.79 Å². The summed E-state index contributed by atoms with van der Waals surface area (Å²) in [6, 6.07) is 18.6. The molecule has 8 heteroatoms. The fourth-order valence-corrected chi connectivity index (χ4v) is 3.11. The van der Waals surface area contributed by atoms with Crippen molar-refractivity contribution in [2.45, 2.75) is 0 Å². The number of hydrogen-bond donors (Lipinski definition) is 1. The third kappa shape index (κ3) is 5.07. The topological polar surface area (TPSA) is 96.2 Å². The number of anilines is 1. The Morgan fingerprint density at radius 1 is 0.879 bits per heavy atom. The van der Waals surface area contributed by atoms with Crippen molar-refractivity contribution in [3.63, 3.8) is 0 Å². The normalized spacial score (nSPS) is 10.5. The van der Waals surface area contributed by atoms with E-state index in [1.54, 1.807) is 73.8 Å². The second-order valence-corrected chi connectivity index (χ2v) is 6.90. The van der Waals surface area contributed by atoms with Gasteiger partial charge >= 0.3 is 0 Å². The van der Waals surface area contributed by atoms with Crippen LogP contribution in [0.5, 0.6) is 28.7 Å². The van der Waals surface area contributed by atoms with Crippen LogP contribution in [0.4, 0.5) is 5.69 Å². The van der Waals surface area contributed by atoms with Crippen LogP contribution in [-0.4, -0.2) is 26.7 Å². The van der Waals surface area contributed by atoms with E-state index >= 15 is 0 Å². The number of hydrogen-bond acceptors (Lipinski definition) is 7. The number of fused-ring (bicyclic) bond motifs is 1. The molecule has 0 aliphatic carbocycles. The molecule has 0 fully saturated rings. The number of benzene rings is 3. The molecular weight excluding hydrogens is 426 g/mol. The average molecular weight is 447 g/mol. The van der Waals surface area contributed by atoms with Crippen LogP contribution in [0, 0.1) is 0 Å². The summed E-state index contributed by atoms with van der Waals surface area (Å²) in [7, 11) is 3.09. The van der Waals surface area contributed by atoms with Crippen LogP contribution in [0.3, 0.4) is 0 Å². The number of carbonyl (C=O) groups is 1. The Balaban J connectivity index is 1.44. The Hall–Kier alpha value is -4.46. The van der Waals surface area contributed by atoms with E-state index in [-0.39, 0.29) is 23.7 Å². The minimum Gasteiger partial charge on any atom is -0.497 e. The lowest BCUT2D eigenvalue weighted by Crippen LogP contribution is -2.20. The molecule has 0 aliphatic heterocycles. The molecule has 0 radical (unpaired) electrons. The number of nitrogens with one attached hydrogen (secondary N) is 1. The van der Waals surface area contributed by atoms with Gasteiger partial charge in [-0.15, -0.1) is 0 Å². The molecule has 168 valence electrons. The smallest absolute Gasteiger partial charge is 0.262 e. The largest absolute Gasteiger partial charge is 0.497 e. The molecular formula is C25H21NO7. The van der Waals surface area contributed by atoms with Crippen LogP contribution in [0.2, 0.25) is 0 Å². The number of methoxy groups -OCH3 is 2. The van der Waals surface area contributed by atoms with Crippen LogP contribution in [0.25, 0.3) is 11.0 Å². The fourth-order valence-electron chi connectivity index (χ4n) is 3.11. The van der Waals surface area contributed by atoms with Crippen molar-refractivity contribution in [2.24, 2.45) is 0 Å². The lowest BCUT2D eigenvalue weighted by Gasteiger charge is -2.11. The molecule has 0 bridgehead atoms. The highest BCUT2D eigenvalue weighted by atomic mass is 16.5. The zero-order valence-electron chi connectivity index (χ0n) is 18.0. The number of amides is 1. The summed E-state index contributed by atoms with van der Waals surface area (Å²) >= 11 is 0. The van der Waals surface area contributed by atoms with Crippen LogP contribution >= 0.6 is 0 Å². The van der Waals surface area contributed by atoms with E-state index in [0.29, 0.717) is 39.7 Å². The number of carbonyl (C=O) groups excluding carboxylic acids is 1. The quantitative estimate of drug-likeness (QED) is 0.421. The van der Waals surface area contributed by atoms with E-state index in [2.05, 4.69) is 5.32 Å². The molecule has 0 atom stereocenters. The van der Waals surface area contributed by atoms with Gasteiger partial charge < -0.3 is 28.7 Å². The molecule has 8 nitrogen and oxygen atoms in total. The van der Waals surface area contributed by atoms with E-state index in [9.17, 15) is 9.59 Å².